The average molecular weight is 534 g/mol. The number of H-pyrrole nitrogens is 1. The Balaban J connectivity index is 1.25. The second-order valence-electron chi connectivity index (χ2n) is 9.56. The molecule has 1 aromatic carbocycles. The van der Waals surface area contributed by atoms with Crippen molar-refractivity contribution in [2.45, 2.75) is 24.9 Å². The Hall–Kier alpha value is -4.48. The third-order valence-corrected chi connectivity index (χ3v) is 6.72. The molecule has 2 N–H and O–H groups in total. The van der Waals surface area contributed by atoms with Gasteiger partial charge in [0.15, 0.2) is 11.6 Å². The molecule has 0 atom stereocenters. The Kier molecular flexibility index (Phi) is 6.59. The number of alkyl halides is 3. The van der Waals surface area contributed by atoms with E-state index in [1.54, 1.807) is 30.6 Å². The third kappa shape index (κ3) is 6.00. The van der Waals surface area contributed by atoms with Crippen LogP contribution < -0.4 is 15.1 Å². The largest absolute Gasteiger partial charge is 0.416 e. The van der Waals surface area contributed by atoms with Crippen molar-refractivity contribution in [1.29, 1.82) is 0 Å². The average Bonchev–Trinajstić information content (AvgIpc) is 3.70. The lowest BCUT2D eigenvalue weighted by Crippen LogP contribution is -2.47. The highest BCUT2D eigenvalue weighted by molar-refractivity contribution is 5.68. The molecule has 0 spiro atoms. The summed E-state index contributed by atoms with van der Waals surface area (Å²) in [5.74, 6) is 2.25. The summed E-state index contributed by atoms with van der Waals surface area (Å²) in [6, 6.07) is 11.0. The Morgan fingerprint density at radius 3 is 2.41 bits per heavy atom. The molecule has 1 saturated carbocycles. The van der Waals surface area contributed by atoms with Crippen LogP contribution in [0.15, 0.2) is 54.9 Å². The Bertz CT molecular complexity index is 1460. The van der Waals surface area contributed by atoms with Gasteiger partial charge in [-0.2, -0.15) is 33.2 Å². The van der Waals surface area contributed by atoms with E-state index in [4.69, 9.17) is 0 Å². The first-order chi connectivity index (χ1) is 18.9. The molecule has 0 bridgehead atoms. The maximum atomic E-state index is 13.2. The highest BCUT2D eigenvalue weighted by Crippen LogP contribution is 2.39. The van der Waals surface area contributed by atoms with Gasteiger partial charge in [0, 0.05) is 61.9 Å². The number of nitrogens with one attached hydrogen (secondary N) is 2. The van der Waals surface area contributed by atoms with E-state index in [-0.39, 0.29) is 0 Å². The third-order valence-electron chi connectivity index (χ3n) is 6.72. The van der Waals surface area contributed by atoms with Gasteiger partial charge in [-0.1, -0.05) is 18.2 Å². The van der Waals surface area contributed by atoms with Gasteiger partial charge >= 0.3 is 6.18 Å². The first-order valence-corrected chi connectivity index (χ1v) is 12.7. The minimum atomic E-state index is -4.41. The van der Waals surface area contributed by atoms with Crippen molar-refractivity contribution in [2.75, 3.05) is 41.3 Å². The van der Waals surface area contributed by atoms with Crippen molar-refractivity contribution in [3.05, 3.63) is 77.5 Å². The van der Waals surface area contributed by atoms with Crippen molar-refractivity contribution in [1.82, 2.24) is 30.1 Å². The molecule has 1 saturated heterocycles. The maximum Gasteiger partial charge on any atom is 0.416 e. The number of piperazine rings is 1. The number of aromatic nitrogens is 6. The van der Waals surface area contributed by atoms with Crippen LogP contribution in [-0.4, -0.2) is 56.3 Å². The zero-order chi connectivity index (χ0) is 26.8. The van der Waals surface area contributed by atoms with E-state index in [0.717, 1.165) is 49.4 Å². The molecule has 1 aliphatic carbocycles. The van der Waals surface area contributed by atoms with Gasteiger partial charge in [-0.3, -0.25) is 10.1 Å². The normalized spacial score (nSPS) is 16.2. The van der Waals surface area contributed by atoms with Gasteiger partial charge in [-0.05, 0) is 48.7 Å². The van der Waals surface area contributed by atoms with Gasteiger partial charge in [-0.15, -0.1) is 0 Å². The fourth-order valence-corrected chi connectivity index (χ4v) is 4.48. The lowest BCUT2D eigenvalue weighted by molar-refractivity contribution is -0.137. The number of aromatic amines is 1. The van der Waals surface area contributed by atoms with Crippen molar-refractivity contribution < 1.29 is 13.2 Å². The molecular formula is C27H26F3N9. The number of halogens is 3. The molecule has 9 nitrogen and oxygen atoms in total. The van der Waals surface area contributed by atoms with Crippen LogP contribution in [0.5, 0.6) is 0 Å². The molecular weight excluding hydrogens is 507 g/mol. The van der Waals surface area contributed by atoms with Gasteiger partial charge in [0.25, 0.3) is 0 Å². The summed E-state index contributed by atoms with van der Waals surface area (Å²) in [6.45, 7) is 2.93. The van der Waals surface area contributed by atoms with Crippen LogP contribution in [-0.2, 0) is 6.18 Å². The summed E-state index contributed by atoms with van der Waals surface area (Å²) in [4.78, 5) is 22.2. The van der Waals surface area contributed by atoms with Crippen molar-refractivity contribution in [3.8, 4) is 0 Å². The van der Waals surface area contributed by atoms with Gasteiger partial charge in [0.05, 0.1) is 5.56 Å². The monoisotopic (exact) mass is 533 g/mol. The van der Waals surface area contributed by atoms with Crippen molar-refractivity contribution in [3.63, 3.8) is 0 Å². The fourth-order valence-electron chi connectivity index (χ4n) is 4.48. The molecule has 0 unspecified atom stereocenters. The van der Waals surface area contributed by atoms with E-state index in [9.17, 15) is 13.2 Å². The van der Waals surface area contributed by atoms with E-state index in [0.29, 0.717) is 48.1 Å². The molecule has 3 aromatic heterocycles. The van der Waals surface area contributed by atoms with Gasteiger partial charge in [0.2, 0.25) is 11.9 Å². The van der Waals surface area contributed by atoms with E-state index >= 15 is 0 Å². The Morgan fingerprint density at radius 2 is 1.67 bits per heavy atom. The van der Waals surface area contributed by atoms with E-state index in [2.05, 4.69) is 45.2 Å². The number of pyridine rings is 1. The second-order valence-corrected chi connectivity index (χ2v) is 9.56. The quantitative estimate of drug-likeness (QED) is 0.338. The molecule has 200 valence electrons. The Morgan fingerprint density at radius 1 is 0.897 bits per heavy atom. The SMILES string of the molecule is FC(F)(F)c1cccc(/C=C/c2nc(Nc3cc(C4CC4)[nH]n3)nc(N3CCN(c4ccncc4)CC3)n2)c1. The molecule has 12 heteroatoms. The number of anilines is 4. The smallest absolute Gasteiger partial charge is 0.368 e. The second kappa shape index (κ2) is 10.4. The maximum absolute atomic E-state index is 13.2. The topological polar surface area (TPSA) is 98.8 Å². The summed E-state index contributed by atoms with van der Waals surface area (Å²) >= 11 is 0. The van der Waals surface area contributed by atoms with Crippen molar-refractivity contribution >= 4 is 35.6 Å². The number of hydrogen-bond acceptors (Lipinski definition) is 8. The van der Waals surface area contributed by atoms with Crippen LogP contribution in [0.25, 0.3) is 12.2 Å². The molecule has 6 rings (SSSR count). The van der Waals surface area contributed by atoms with Crippen LogP contribution in [0.4, 0.5) is 36.6 Å². The standard InChI is InChI=1S/C27H26F3N9/c28-27(29,30)20-3-1-2-18(16-20)4-7-23-32-25(33-24-17-22(36-37-24)19-5-6-19)35-26(34-23)39-14-12-38(13-15-39)21-8-10-31-11-9-21/h1-4,7-11,16-17,19H,5-6,12-15H2,(H2,32,33,34,35,36,37)/b7-4+. The summed E-state index contributed by atoms with van der Waals surface area (Å²) < 4.78 is 39.5. The first kappa shape index (κ1) is 24.8. The van der Waals surface area contributed by atoms with E-state index in [1.165, 1.54) is 6.07 Å². The molecule has 2 fully saturated rings. The molecule has 0 radical (unpaired) electrons. The van der Waals surface area contributed by atoms with E-state index in [1.807, 2.05) is 18.2 Å². The number of nitrogens with zero attached hydrogens (tertiary/aromatic N) is 7. The molecule has 2 aliphatic rings. The van der Waals surface area contributed by atoms with E-state index < -0.39 is 11.7 Å². The minimum Gasteiger partial charge on any atom is -0.368 e. The highest BCUT2D eigenvalue weighted by atomic mass is 19.4. The first-order valence-electron chi connectivity index (χ1n) is 12.7. The van der Waals surface area contributed by atoms with Gasteiger partial charge in [0.1, 0.15) is 0 Å². The zero-order valence-electron chi connectivity index (χ0n) is 20.9. The van der Waals surface area contributed by atoms with Gasteiger partial charge in [-0.25, -0.2) is 0 Å². The van der Waals surface area contributed by atoms with Crippen LogP contribution in [0, 0.1) is 0 Å². The van der Waals surface area contributed by atoms with Crippen LogP contribution in [0.2, 0.25) is 0 Å². The van der Waals surface area contributed by atoms with Crippen molar-refractivity contribution in [2.24, 2.45) is 0 Å². The van der Waals surface area contributed by atoms with Gasteiger partial charge < -0.3 is 15.1 Å². The molecule has 39 heavy (non-hydrogen) atoms. The molecule has 1 aliphatic heterocycles. The van der Waals surface area contributed by atoms with Crippen LogP contribution in [0.3, 0.4) is 0 Å². The summed E-state index contributed by atoms with van der Waals surface area (Å²) in [7, 11) is 0. The van der Waals surface area contributed by atoms with Crippen LogP contribution in [0.1, 0.15) is 41.4 Å². The molecule has 4 aromatic rings. The summed E-state index contributed by atoms with van der Waals surface area (Å²) in [5, 5.41) is 10.5. The minimum absolute atomic E-state index is 0.314. The molecule has 4 heterocycles. The predicted octanol–water partition coefficient (Wildman–Crippen LogP) is 5.13. The lowest BCUT2D eigenvalue weighted by Gasteiger charge is -2.36. The van der Waals surface area contributed by atoms with Crippen LogP contribution >= 0.6 is 0 Å². The summed E-state index contributed by atoms with van der Waals surface area (Å²) in [5.41, 5.74) is 1.87. The fraction of sp³-hybridized carbons (Fsp3) is 0.296. The predicted molar refractivity (Wildman–Crippen MR) is 143 cm³/mol. The number of hydrogen-bond donors (Lipinski definition) is 2. The highest BCUT2D eigenvalue weighted by Gasteiger charge is 2.30. The lowest BCUT2D eigenvalue weighted by atomic mass is 10.1. The number of benzene rings is 1. The molecule has 0 amide bonds. The summed E-state index contributed by atoms with van der Waals surface area (Å²) in [6.07, 6.45) is 4.60. The zero-order valence-corrected chi connectivity index (χ0v) is 20.9. The Labute approximate surface area is 222 Å². The number of rotatable bonds is 7.